The molecule has 0 saturated carbocycles. The van der Waals surface area contributed by atoms with Gasteiger partial charge < -0.3 is 14.7 Å². The lowest BCUT2D eigenvalue weighted by Crippen LogP contribution is -2.32. The van der Waals surface area contributed by atoms with Gasteiger partial charge in [-0.15, -0.1) is 0 Å². The minimum Gasteiger partial charge on any atom is -0.490 e. The highest BCUT2D eigenvalue weighted by Gasteiger charge is 2.34. The standard InChI is InChI=1S/C19H19F2NO3/c20-14-7-5-13(6-8-14)17-11-15(23)12-22(17)19(24)9-10-25-18-4-2-1-3-16(18)21/h1-8,15,17,23H,9-12H2/t15-,17-/m0/s1. The number of hydrogen-bond donors (Lipinski definition) is 1. The van der Waals surface area contributed by atoms with Crippen molar-refractivity contribution in [3.63, 3.8) is 0 Å². The van der Waals surface area contributed by atoms with E-state index in [0.717, 1.165) is 5.56 Å². The molecule has 1 aliphatic rings. The maximum Gasteiger partial charge on any atom is 0.226 e. The van der Waals surface area contributed by atoms with Gasteiger partial charge in [0.2, 0.25) is 5.91 Å². The van der Waals surface area contributed by atoms with Crippen LogP contribution in [0.3, 0.4) is 0 Å². The number of aliphatic hydroxyl groups is 1. The highest BCUT2D eigenvalue weighted by atomic mass is 19.1. The number of likely N-dealkylation sites (tertiary alicyclic amines) is 1. The molecule has 1 saturated heterocycles. The average Bonchev–Trinajstić information content (AvgIpc) is 2.99. The molecule has 25 heavy (non-hydrogen) atoms. The van der Waals surface area contributed by atoms with Crippen molar-refractivity contribution in [2.24, 2.45) is 0 Å². The number of benzene rings is 2. The van der Waals surface area contributed by atoms with Gasteiger partial charge in [0.15, 0.2) is 11.6 Å². The largest absolute Gasteiger partial charge is 0.490 e. The number of halogens is 2. The number of hydrogen-bond acceptors (Lipinski definition) is 3. The quantitative estimate of drug-likeness (QED) is 0.904. The summed E-state index contributed by atoms with van der Waals surface area (Å²) < 4.78 is 31.9. The van der Waals surface area contributed by atoms with Crippen LogP contribution in [0.1, 0.15) is 24.4 Å². The number of rotatable bonds is 5. The van der Waals surface area contributed by atoms with Gasteiger partial charge in [0.25, 0.3) is 0 Å². The number of aliphatic hydroxyl groups excluding tert-OH is 1. The van der Waals surface area contributed by atoms with Crippen LogP contribution < -0.4 is 4.74 Å². The molecule has 6 heteroatoms. The van der Waals surface area contributed by atoms with E-state index in [4.69, 9.17) is 4.74 Å². The summed E-state index contributed by atoms with van der Waals surface area (Å²) in [7, 11) is 0. The molecule has 1 amide bonds. The van der Waals surface area contributed by atoms with Gasteiger partial charge in [-0.1, -0.05) is 24.3 Å². The summed E-state index contributed by atoms with van der Waals surface area (Å²) in [5.74, 6) is -0.914. The van der Waals surface area contributed by atoms with Gasteiger partial charge in [-0.25, -0.2) is 8.78 Å². The van der Waals surface area contributed by atoms with Crippen LogP contribution >= 0.6 is 0 Å². The van der Waals surface area contributed by atoms with Crippen LogP contribution in [0.15, 0.2) is 48.5 Å². The highest BCUT2D eigenvalue weighted by molar-refractivity contribution is 5.77. The summed E-state index contributed by atoms with van der Waals surface area (Å²) in [6, 6.07) is 11.6. The number of para-hydroxylation sites is 1. The first-order valence-corrected chi connectivity index (χ1v) is 8.15. The van der Waals surface area contributed by atoms with Crippen LogP contribution in [0.5, 0.6) is 5.75 Å². The van der Waals surface area contributed by atoms with Gasteiger partial charge in [0.1, 0.15) is 5.82 Å². The zero-order valence-corrected chi connectivity index (χ0v) is 13.6. The number of ether oxygens (including phenoxy) is 1. The second-order valence-corrected chi connectivity index (χ2v) is 6.03. The van der Waals surface area contributed by atoms with Crippen molar-refractivity contribution in [1.82, 2.24) is 4.90 Å². The maximum atomic E-state index is 13.5. The van der Waals surface area contributed by atoms with E-state index in [0.29, 0.717) is 6.42 Å². The van der Waals surface area contributed by atoms with E-state index >= 15 is 0 Å². The molecule has 1 heterocycles. The lowest BCUT2D eigenvalue weighted by molar-refractivity contribution is -0.133. The molecular weight excluding hydrogens is 328 g/mol. The predicted octanol–water partition coefficient (Wildman–Crippen LogP) is 3.07. The van der Waals surface area contributed by atoms with E-state index in [1.807, 2.05) is 0 Å². The van der Waals surface area contributed by atoms with Crippen molar-refractivity contribution < 1.29 is 23.4 Å². The fraction of sp³-hybridized carbons (Fsp3) is 0.316. The van der Waals surface area contributed by atoms with E-state index in [2.05, 4.69) is 0 Å². The fourth-order valence-corrected chi connectivity index (χ4v) is 3.04. The topological polar surface area (TPSA) is 49.8 Å². The molecule has 132 valence electrons. The third-order valence-corrected chi connectivity index (χ3v) is 4.26. The normalized spacial score (nSPS) is 19.9. The third kappa shape index (κ3) is 4.14. The van der Waals surface area contributed by atoms with Gasteiger partial charge in [0.05, 0.1) is 25.2 Å². The summed E-state index contributed by atoms with van der Waals surface area (Å²) in [6.45, 7) is 0.267. The van der Waals surface area contributed by atoms with E-state index in [1.54, 1.807) is 29.2 Å². The van der Waals surface area contributed by atoms with Crippen LogP contribution in [0.4, 0.5) is 8.78 Å². The van der Waals surface area contributed by atoms with E-state index in [9.17, 15) is 18.7 Å². The first-order valence-electron chi connectivity index (χ1n) is 8.15. The van der Waals surface area contributed by atoms with Gasteiger partial charge in [-0.2, -0.15) is 0 Å². The molecule has 2 aromatic carbocycles. The molecule has 0 bridgehead atoms. The smallest absolute Gasteiger partial charge is 0.226 e. The molecule has 0 radical (unpaired) electrons. The molecule has 2 aromatic rings. The lowest BCUT2D eigenvalue weighted by atomic mass is 10.0. The van der Waals surface area contributed by atoms with Crippen LogP contribution in [0.2, 0.25) is 0 Å². The first kappa shape index (κ1) is 17.4. The summed E-state index contributed by atoms with van der Waals surface area (Å²) >= 11 is 0. The zero-order valence-electron chi connectivity index (χ0n) is 13.6. The molecule has 1 fully saturated rings. The Morgan fingerprint density at radius 3 is 2.60 bits per heavy atom. The molecule has 2 atom stereocenters. The molecule has 4 nitrogen and oxygen atoms in total. The van der Waals surface area contributed by atoms with Crippen molar-refractivity contribution in [2.45, 2.75) is 25.0 Å². The van der Waals surface area contributed by atoms with Gasteiger partial charge in [0, 0.05) is 6.54 Å². The van der Waals surface area contributed by atoms with E-state index in [1.165, 1.54) is 24.3 Å². The molecule has 3 rings (SSSR count). The number of amides is 1. The molecule has 0 aromatic heterocycles. The van der Waals surface area contributed by atoms with Crippen molar-refractivity contribution in [2.75, 3.05) is 13.2 Å². The van der Waals surface area contributed by atoms with E-state index in [-0.39, 0.29) is 43.1 Å². The van der Waals surface area contributed by atoms with Crippen molar-refractivity contribution in [3.05, 3.63) is 65.7 Å². The summed E-state index contributed by atoms with van der Waals surface area (Å²) in [5.41, 5.74) is 0.779. The monoisotopic (exact) mass is 347 g/mol. The third-order valence-electron chi connectivity index (χ3n) is 4.26. The zero-order chi connectivity index (χ0) is 17.8. The number of carbonyl (C=O) groups is 1. The van der Waals surface area contributed by atoms with Crippen LogP contribution in [0, 0.1) is 11.6 Å². The second-order valence-electron chi connectivity index (χ2n) is 6.03. The number of carbonyl (C=O) groups excluding carboxylic acids is 1. The Kier molecular flexibility index (Phi) is 5.28. The molecular formula is C19H19F2NO3. The average molecular weight is 347 g/mol. The Bertz CT molecular complexity index is 736. The van der Waals surface area contributed by atoms with Crippen molar-refractivity contribution in [3.8, 4) is 5.75 Å². The van der Waals surface area contributed by atoms with Crippen molar-refractivity contribution >= 4 is 5.91 Å². The molecule has 0 unspecified atom stereocenters. The Morgan fingerprint density at radius 1 is 1.16 bits per heavy atom. The van der Waals surface area contributed by atoms with Crippen molar-refractivity contribution in [1.29, 1.82) is 0 Å². The van der Waals surface area contributed by atoms with Gasteiger partial charge >= 0.3 is 0 Å². The predicted molar refractivity (Wildman–Crippen MR) is 88.0 cm³/mol. The Labute approximate surface area is 144 Å². The lowest BCUT2D eigenvalue weighted by Gasteiger charge is -2.25. The molecule has 1 N–H and O–H groups in total. The Balaban J connectivity index is 1.61. The van der Waals surface area contributed by atoms with E-state index < -0.39 is 11.9 Å². The summed E-state index contributed by atoms with van der Waals surface area (Å²) in [5, 5.41) is 9.93. The van der Waals surface area contributed by atoms with Crippen LogP contribution in [-0.2, 0) is 4.79 Å². The molecule has 0 aliphatic carbocycles. The Hall–Kier alpha value is -2.47. The van der Waals surface area contributed by atoms with Gasteiger partial charge in [-0.3, -0.25) is 4.79 Å². The number of nitrogens with zero attached hydrogens (tertiary/aromatic N) is 1. The number of β-amino-alcohol motifs (C(OH)–C–C–N with tert-alkyl or cyclic N) is 1. The fourth-order valence-electron chi connectivity index (χ4n) is 3.04. The minimum atomic E-state index is -0.619. The second kappa shape index (κ2) is 7.61. The molecule has 1 aliphatic heterocycles. The summed E-state index contributed by atoms with van der Waals surface area (Å²) in [4.78, 5) is 14.1. The first-order chi connectivity index (χ1) is 12.0. The molecule has 0 spiro atoms. The summed E-state index contributed by atoms with van der Waals surface area (Å²) in [6.07, 6.45) is -0.143. The minimum absolute atomic E-state index is 0.0441. The Morgan fingerprint density at radius 2 is 1.88 bits per heavy atom. The highest BCUT2D eigenvalue weighted by Crippen LogP contribution is 2.32. The SMILES string of the molecule is O=C(CCOc1ccccc1F)N1C[C@@H](O)C[C@H]1c1ccc(F)cc1. The van der Waals surface area contributed by atoms with Crippen LogP contribution in [0.25, 0.3) is 0 Å². The van der Waals surface area contributed by atoms with Gasteiger partial charge in [-0.05, 0) is 36.2 Å². The van der Waals surface area contributed by atoms with Crippen LogP contribution in [-0.4, -0.2) is 35.2 Å². The maximum absolute atomic E-state index is 13.5.